The second-order valence-electron chi connectivity index (χ2n) is 3.44. The molecule has 2 heteroatoms. The van der Waals surface area contributed by atoms with Gasteiger partial charge < -0.3 is 0 Å². The van der Waals surface area contributed by atoms with Crippen molar-refractivity contribution in [2.24, 2.45) is 0 Å². The molecule has 0 fully saturated rings. The Kier molecular flexibility index (Phi) is 3.46. The zero-order valence-electron chi connectivity index (χ0n) is 8.16. The fraction of sp³-hybridized carbons (Fsp3) is 0.455. The summed E-state index contributed by atoms with van der Waals surface area (Å²) >= 11 is 0. The number of rotatable bonds is 4. The summed E-state index contributed by atoms with van der Waals surface area (Å²) in [6.07, 6.45) is 1.79. The van der Waals surface area contributed by atoms with E-state index in [0.717, 1.165) is 18.4 Å². The van der Waals surface area contributed by atoms with Crippen molar-refractivity contribution < 1.29 is 10.1 Å². The molecule has 1 aromatic rings. The lowest BCUT2D eigenvalue weighted by molar-refractivity contribution is -0.326. The van der Waals surface area contributed by atoms with Crippen molar-refractivity contribution in [3.8, 4) is 0 Å². The van der Waals surface area contributed by atoms with Gasteiger partial charge in [-0.15, -0.1) is 0 Å². The first-order valence-corrected chi connectivity index (χ1v) is 4.61. The van der Waals surface area contributed by atoms with Crippen LogP contribution in [0.5, 0.6) is 0 Å². The Morgan fingerprint density at radius 1 is 1.31 bits per heavy atom. The Morgan fingerprint density at radius 2 is 1.92 bits per heavy atom. The highest BCUT2D eigenvalue weighted by Crippen LogP contribution is 2.28. The van der Waals surface area contributed by atoms with Crippen LogP contribution >= 0.6 is 0 Å². The third-order valence-electron chi connectivity index (χ3n) is 2.31. The first kappa shape index (κ1) is 10.2. The lowest BCUT2D eigenvalue weighted by Gasteiger charge is -2.25. The highest BCUT2D eigenvalue weighted by atomic mass is 17.1. The highest BCUT2D eigenvalue weighted by Gasteiger charge is 2.26. The second-order valence-corrected chi connectivity index (χ2v) is 3.44. The van der Waals surface area contributed by atoms with Crippen molar-refractivity contribution in [3.05, 3.63) is 35.9 Å². The van der Waals surface area contributed by atoms with Crippen LogP contribution in [0.25, 0.3) is 0 Å². The van der Waals surface area contributed by atoms with Gasteiger partial charge in [-0.2, -0.15) is 0 Å². The molecule has 0 spiro atoms. The summed E-state index contributed by atoms with van der Waals surface area (Å²) in [4.78, 5) is 4.56. The maximum Gasteiger partial charge on any atom is 0.125 e. The molecule has 2 nitrogen and oxygen atoms in total. The zero-order chi connectivity index (χ0) is 9.73. The van der Waals surface area contributed by atoms with Crippen molar-refractivity contribution in [1.82, 2.24) is 0 Å². The number of hydrogen-bond donors (Lipinski definition) is 1. The summed E-state index contributed by atoms with van der Waals surface area (Å²) in [7, 11) is 0. The van der Waals surface area contributed by atoms with E-state index < -0.39 is 5.60 Å². The Balaban J connectivity index is 2.89. The molecule has 0 radical (unpaired) electrons. The molecule has 0 aliphatic carbocycles. The van der Waals surface area contributed by atoms with Crippen LogP contribution in [0.1, 0.15) is 32.3 Å². The van der Waals surface area contributed by atoms with Gasteiger partial charge in [0, 0.05) is 0 Å². The van der Waals surface area contributed by atoms with E-state index in [2.05, 4.69) is 11.8 Å². The van der Waals surface area contributed by atoms with Crippen LogP contribution in [0.15, 0.2) is 30.3 Å². The van der Waals surface area contributed by atoms with Crippen molar-refractivity contribution >= 4 is 0 Å². The van der Waals surface area contributed by atoms with Gasteiger partial charge in [0.1, 0.15) is 5.60 Å². The molecule has 0 bridgehead atoms. The third kappa shape index (κ3) is 2.29. The number of benzene rings is 1. The van der Waals surface area contributed by atoms with Gasteiger partial charge in [0.2, 0.25) is 0 Å². The van der Waals surface area contributed by atoms with Gasteiger partial charge in [0.15, 0.2) is 0 Å². The molecular weight excluding hydrogens is 164 g/mol. The minimum atomic E-state index is -0.560. The Bertz CT molecular complexity index is 246. The van der Waals surface area contributed by atoms with Crippen LogP contribution in [-0.2, 0) is 10.5 Å². The quantitative estimate of drug-likeness (QED) is 0.569. The molecule has 72 valence electrons. The van der Waals surface area contributed by atoms with Crippen molar-refractivity contribution in [2.75, 3.05) is 0 Å². The van der Waals surface area contributed by atoms with Crippen molar-refractivity contribution in [3.63, 3.8) is 0 Å². The van der Waals surface area contributed by atoms with Crippen LogP contribution in [0.2, 0.25) is 0 Å². The Hall–Kier alpha value is -0.860. The lowest BCUT2D eigenvalue weighted by Crippen LogP contribution is -2.24. The molecule has 0 saturated carbocycles. The van der Waals surface area contributed by atoms with Crippen LogP contribution in [0.4, 0.5) is 0 Å². The predicted octanol–water partition coefficient (Wildman–Crippen LogP) is 3.19. The molecule has 0 amide bonds. The molecule has 0 aliphatic rings. The molecule has 0 aromatic heterocycles. The third-order valence-corrected chi connectivity index (χ3v) is 2.31. The molecular formula is C11H16O2. The topological polar surface area (TPSA) is 29.5 Å². The summed E-state index contributed by atoms with van der Waals surface area (Å²) in [5, 5.41) is 8.87. The summed E-state index contributed by atoms with van der Waals surface area (Å²) in [5.41, 5.74) is 0.454. The smallest absolute Gasteiger partial charge is 0.125 e. The predicted molar refractivity (Wildman–Crippen MR) is 52.4 cm³/mol. The molecule has 1 atom stereocenters. The minimum absolute atomic E-state index is 0.560. The van der Waals surface area contributed by atoms with Gasteiger partial charge in [-0.25, -0.2) is 4.89 Å². The van der Waals surface area contributed by atoms with E-state index in [0.29, 0.717) is 0 Å². The molecule has 1 rings (SSSR count). The van der Waals surface area contributed by atoms with Crippen LogP contribution in [0.3, 0.4) is 0 Å². The van der Waals surface area contributed by atoms with Gasteiger partial charge >= 0.3 is 0 Å². The fourth-order valence-corrected chi connectivity index (χ4v) is 1.51. The van der Waals surface area contributed by atoms with Crippen molar-refractivity contribution in [2.45, 2.75) is 32.3 Å². The van der Waals surface area contributed by atoms with Crippen LogP contribution in [-0.4, -0.2) is 5.26 Å². The first-order chi connectivity index (χ1) is 6.23. The van der Waals surface area contributed by atoms with Crippen molar-refractivity contribution in [1.29, 1.82) is 0 Å². The Morgan fingerprint density at radius 3 is 2.38 bits per heavy atom. The second kappa shape index (κ2) is 4.40. The van der Waals surface area contributed by atoms with Gasteiger partial charge in [0.25, 0.3) is 0 Å². The largest absolute Gasteiger partial charge is 0.251 e. The van der Waals surface area contributed by atoms with Crippen LogP contribution < -0.4 is 0 Å². The fourth-order valence-electron chi connectivity index (χ4n) is 1.51. The molecule has 0 heterocycles. The normalized spacial score (nSPS) is 15.3. The van der Waals surface area contributed by atoms with E-state index in [-0.39, 0.29) is 0 Å². The monoisotopic (exact) mass is 180 g/mol. The molecule has 1 N–H and O–H groups in total. The minimum Gasteiger partial charge on any atom is -0.251 e. The molecule has 0 saturated heterocycles. The zero-order valence-corrected chi connectivity index (χ0v) is 8.16. The van der Waals surface area contributed by atoms with Gasteiger partial charge in [-0.1, -0.05) is 43.7 Å². The van der Waals surface area contributed by atoms with Gasteiger partial charge in [0.05, 0.1) is 0 Å². The SMILES string of the molecule is CCC[C@](C)(OO)c1ccccc1. The number of hydrogen-bond acceptors (Lipinski definition) is 2. The van der Waals surface area contributed by atoms with E-state index in [1.165, 1.54) is 0 Å². The van der Waals surface area contributed by atoms with E-state index in [9.17, 15) is 0 Å². The highest BCUT2D eigenvalue weighted by molar-refractivity contribution is 5.21. The molecule has 1 aromatic carbocycles. The maximum atomic E-state index is 8.87. The lowest BCUT2D eigenvalue weighted by atomic mass is 9.91. The van der Waals surface area contributed by atoms with Crippen LogP contribution in [0, 0.1) is 0 Å². The molecule has 0 aliphatic heterocycles. The molecule has 0 unspecified atom stereocenters. The van der Waals surface area contributed by atoms with E-state index in [1.807, 2.05) is 37.3 Å². The average molecular weight is 180 g/mol. The maximum absolute atomic E-state index is 8.87. The average Bonchev–Trinajstić information content (AvgIpc) is 2.19. The molecule has 13 heavy (non-hydrogen) atoms. The Labute approximate surface area is 79.1 Å². The summed E-state index contributed by atoms with van der Waals surface area (Å²) in [5.74, 6) is 0. The van der Waals surface area contributed by atoms with E-state index in [1.54, 1.807) is 0 Å². The summed E-state index contributed by atoms with van der Waals surface area (Å²) in [6.45, 7) is 3.96. The first-order valence-electron chi connectivity index (χ1n) is 4.61. The summed E-state index contributed by atoms with van der Waals surface area (Å²) < 4.78 is 0. The standard InChI is InChI=1S/C11H16O2/c1-3-9-11(2,13-12)10-7-5-4-6-8-10/h4-8,12H,3,9H2,1-2H3/t11-/m0/s1. The van der Waals surface area contributed by atoms with Gasteiger partial charge in [-0.3, -0.25) is 5.26 Å². The summed E-state index contributed by atoms with van der Waals surface area (Å²) in [6, 6.07) is 9.77. The van der Waals surface area contributed by atoms with Gasteiger partial charge in [-0.05, 0) is 18.9 Å². The van der Waals surface area contributed by atoms with E-state index >= 15 is 0 Å². The van der Waals surface area contributed by atoms with E-state index in [4.69, 9.17) is 5.26 Å².